The lowest BCUT2D eigenvalue weighted by Gasteiger charge is -2.36. The molecule has 0 aliphatic carbocycles. The van der Waals surface area contributed by atoms with Gasteiger partial charge in [-0.15, -0.1) is 0 Å². The lowest BCUT2D eigenvalue weighted by Crippen LogP contribution is -2.56. The summed E-state index contributed by atoms with van der Waals surface area (Å²) in [6.07, 6.45) is 1.51. The minimum absolute atomic E-state index is 0.0156. The van der Waals surface area contributed by atoms with Crippen LogP contribution in [0.15, 0.2) is 107 Å². The summed E-state index contributed by atoms with van der Waals surface area (Å²) in [4.78, 5) is 30.3. The SMILES string of the molecule is CCOc1cc(C=C2C(=O)N(c3ccccc3)C(=S)N(c3ccccc3)C2=O)cc(Br)c1OCc1ccccc1F. The fourth-order valence-electron chi connectivity index (χ4n) is 4.35. The van der Waals surface area contributed by atoms with Crippen molar-refractivity contribution in [1.29, 1.82) is 0 Å². The van der Waals surface area contributed by atoms with Crippen LogP contribution in [0.1, 0.15) is 18.1 Å². The number of amides is 2. The molecule has 9 heteroatoms. The Balaban J connectivity index is 1.56. The first-order valence-corrected chi connectivity index (χ1v) is 14.0. The summed E-state index contributed by atoms with van der Waals surface area (Å²) in [5.41, 5.74) is 1.90. The third-order valence-electron chi connectivity index (χ3n) is 6.25. The quantitative estimate of drug-likeness (QED) is 0.116. The van der Waals surface area contributed by atoms with Gasteiger partial charge in [-0.05, 0) is 89.2 Å². The van der Waals surface area contributed by atoms with Crippen molar-refractivity contribution < 1.29 is 23.5 Å². The van der Waals surface area contributed by atoms with E-state index >= 15 is 0 Å². The Morgan fingerprint density at radius 2 is 1.39 bits per heavy atom. The van der Waals surface area contributed by atoms with Crippen LogP contribution in [-0.4, -0.2) is 23.5 Å². The van der Waals surface area contributed by atoms with Crippen LogP contribution >= 0.6 is 28.1 Å². The van der Waals surface area contributed by atoms with Gasteiger partial charge in [-0.25, -0.2) is 4.39 Å². The van der Waals surface area contributed by atoms with Gasteiger partial charge in [0, 0.05) is 5.56 Å². The first kappa shape index (κ1) is 28.2. The maximum absolute atomic E-state index is 14.2. The Morgan fingerprint density at radius 1 is 0.829 bits per heavy atom. The van der Waals surface area contributed by atoms with Crippen molar-refractivity contribution in [2.75, 3.05) is 16.4 Å². The molecule has 2 amide bonds. The second kappa shape index (κ2) is 12.4. The Labute approximate surface area is 250 Å². The summed E-state index contributed by atoms with van der Waals surface area (Å²) in [6.45, 7) is 2.14. The number of benzene rings is 4. The summed E-state index contributed by atoms with van der Waals surface area (Å²) in [7, 11) is 0. The highest BCUT2D eigenvalue weighted by Gasteiger charge is 2.41. The molecule has 0 bridgehead atoms. The zero-order chi connectivity index (χ0) is 28.9. The molecule has 6 nitrogen and oxygen atoms in total. The zero-order valence-electron chi connectivity index (χ0n) is 21.9. The standard InChI is InChI=1S/C32H24BrFN2O4S/c1-2-39-28-19-21(18-26(33)29(28)40-20-22-11-9-10-16-27(22)34)17-25-30(37)35(23-12-5-3-6-13-23)32(41)36(31(25)38)24-14-7-4-8-15-24/h3-19H,2,20H2,1H3. The Morgan fingerprint density at radius 3 is 1.95 bits per heavy atom. The van der Waals surface area contributed by atoms with Crippen LogP contribution < -0.4 is 19.3 Å². The number of carbonyl (C=O) groups is 2. The van der Waals surface area contributed by atoms with E-state index in [-0.39, 0.29) is 23.1 Å². The van der Waals surface area contributed by atoms with E-state index in [1.807, 2.05) is 19.1 Å². The number of hydrogen-bond donors (Lipinski definition) is 0. The Kier molecular flexibility index (Phi) is 8.56. The number of ether oxygens (including phenoxy) is 2. The average Bonchev–Trinajstić information content (AvgIpc) is 2.97. The van der Waals surface area contributed by atoms with Crippen LogP contribution in [0.25, 0.3) is 6.08 Å². The highest BCUT2D eigenvalue weighted by Crippen LogP contribution is 2.39. The zero-order valence-corrected chi connectivity index (χ0v) is 24.3. The fourth-order valence-corrected chi connectivity index (χ4v) is 5.30. The van der Waals surface area contributed by atoms with Crippen molar-refractivity contribution in [1.82, 2.24) is 0 Å². The molecule has 0 radical (unpaired) electrons. The first-order chi connectivity index (χ1) is 19.9. The minimum atomic E-state index is -0.549. The van der Waals surface area contributed by atoms with E-state index < -0.39 is 11.8 Å². The van der Waals surface area contributed by atoms with Crippen LogP contribution in [0, 0.1) is 5.82 Å². The van der Waals surface area contributed by atoms with E-state index in [0.717, 1.165) is 0 Å². The second-order valence-electron chi connectivity index (χ2n) is 8.94. The van der Waals surface area contributed by atoms with Gasteiger partial charge in [0.15, 0.2) is 16.6 Å². The van der Waals surface area contributed by atoms with Crippen molar-refractivity contribution in [2.45, 2.75) is 13.5 Å². The van der Waals surface area contributed by atoms with Crippen molar-refractivity contribution >= 4 is 62.5 Å². The molecule has 41 heavy (non-hydrogen) atoms. The van der Waals surface area contributed by atoms with Crippen LogP contribution in [0.3, 0.4) is 0 Å². The third kappa shape index (κ3) is 5.91. The van der Waals surface area contributed by atoms with E-state index in [0.29, 0.717) is 45.1 Å². The van der Waals surface area contributed by atoms with E-state index in [1.54, 1.807) is 78.9 Å². The van der Waals surface area contributed by atoms with E-state index in [9.17, 15) is 14.0 Å². The topological polar surface area (TPSA) is 59.1 Å². The van der Waals surface area contributed by atoms with Crippen LogP contribution in [-0.2, 0) is 16.2 Å². The lowest BCUT2D eigenvalue weighted by atomic mass is 10.0. The molecule has 1 aliphatic heterocycles. The largest absolute Gasteiger partial charge is 0.490 e. The summed E-state index contributed by atoms with van der Waals surface area (Å²) < 4.78 is 26.4. The molecule has 1 fully saturated rings. The minimum Gasteiger partial charge on any atom is -0.490 e. The lowest BCUT2D eigenvalue weighted by molar-refractivity contribution is -0.120. The van der Waals surface area contributed by atoms with Crippen LogP contribution in [0.5, 0.6) is 11.5 Å². The predicted molar refractivity (Wildman–Crippen MR) is 164 cm³/mol. The van der Waals surface area contributed by atoms with Gasteiger partial charge >= 0.3 is 0 Å². The highest BCUT2D eigenvalue weighted by molar-refractivity contribution is 9.10. The van der Waals surface area contributed by atoms with Gasteiger partial charge in [0.2, 0.25) is 0 Å². The summed E-state index contributed by atoms with van der Waals surface area (Å²) in [6, 6.07) is 27.6. The van der Waals surface area contributed by atoms with Crippen LogP contribution in [0.4, 0.5) is 15.8 Å². The van der Waals surface area contributed by atoms with Gasteiger partial charge in [0.25, 0.3) is 11.8 Å². The average molecular weight is 632 g/mol. The Hall–Kier alpha value is -4.34. The first-order valence-electron chi connectivity index (χ1n) is 12.8. The Bertz CT molecular complexity index is 1580. The number of carbonyl (C=O) groups excluding carboxylic acids is 2. The van der Waals surface area contributed by atoms with Crippen molar-refractivity contribution in [3.8, 4) is 11.5 Å². The van der Waals surface area contributed by atoms with Gasteiger partial charge in [-0.3, -0.25) is 19.4 Å². The molecule has 1 aliphatic rings. The monoisotopic (exact) mass is 630 g/mol. The van der Waals surface area contributed by atoms with Crippen molar-refractivity contribution in [3.05, 3.63) is 124 Å². The van der Waals surface area contributed by atoms with E-state index in [4.69, 9.17) is 21.7 Å². The van der Waals surface area contributed by atoms with E-state index in [1.165, 1.54) is 21.9 Å². The maximum atomic E-state index is 14.2. The number of halogens is 2. The molecule has 1 saturated heterocycles. The molecular formula is C32H24BrFN2O4S. The number of hydrogen-bond acceptors (Lipinski definition) is 5. The molecule has 5 rings (SSSR count). The molecule has 1 heterocycles. The number of para-hydroxylation sites is 2. The van der Waals surface area contributed by atoms with Crippen molar-refractivity contribution in [2.24, 2.45) is 0 Å². The molecule has 4 aromatic carbocycles. The predicted octanol–water partition coefficient (Wildman–Crippen LogP) is 7.31. The van der Waals surface area contributed by atoms with Gasteiger partial charge in [0.05, 0.1) is 22.5 Å². The molecule has 0 unspecified atom stereocenters. The van der Waals surface area contributed by atoms with Gasteiger partial charge in [-0.1, -0.05) is 54.6 Å². The maximum Gasteiger partial charge on any atom is 0.270 e. The molecule has 0 aromatic heterocycles. The highest BCUT2D eigenvalue weighted by atomic mass is 79.9. The molecule has 0 saturated carbocycles. The smallest absolute Gasteiger partial charge is 0.270 e. The number of rotatable bonds is 8. The summed E-state index contributed by atoms with van der Waals surface area (Å²) in [5.74, 6) is -0.728. The van der Waals surface area contributed by atoms with E-state index in [2.05, 4.69) is 15.9 Å². The molecule has 4 aromatic rings. The number of thiocarbonyl (C=S) groups is 1. The van der Waals surface area contributed by atoms with Gasteiger partial charge in [-0.2, -0.15) is 0 Å². The molecular weight excluding hydrogens is 607 g/mol. The summed E-state index contributed by atoms with van der Waals surface area (Å²) >= 11 is 9.19. The molecule has 0 spiro atoms. The van der Waals surface area contributed by atoms with Gasteiger partial charge < -0.3 is 9.47 Å². The van der Waals surface area contributed by atoms with Crippen LogP contribution in [0.2, 0.25) is 0 Å². The third-order valence-corrected chi connectivity index (χ3v) is 7.21. The van der Waals surface area contributed by atoms with Crippen molar-refractivity contribution in [3.63, 3.8) is 0 Å². The summed E-state index contributed by atoms with van der Waals surface area (Å²) in [5, 5.41) is 0.0580. The number of anilines is 2. The normalized spacial score (nSPS) is 13.4. The number of nitrogens with zero attached hydrogens (tertiary/aromatic N) is 2. The molecule has 0 N–H and O–H groups in total. The fraction of sp³-hybridized carbons (Fsp3) is 0.0938. The second-order valence-corrected chi connectivity index (χ2v) is 10.2. The van der Waals surface area contributed by atoms with Gasteiger partial charge in [0.1, 0.15) is 18.0 Å². The molecule has 0 atom stereocenters. The molecule has 206 valence electrons.